The zero-order valence-electron chi connectivity index (χ0n) is 13.4. The molecule has 0 unspecified atom stereocenters. The van der Waals surface area contributed by atoms with Gasteiger partial charge in [-0.25, -0.2) is 4.79 Å². The molecule has 0 radical (unpaired) electrons. The monoisotopic (exact) mass is 332 g/mol. The van der Waals surface area contributed by atoms with E-state index in [1.54, 1.807) is 0 Å². The highest BCUT2D eigenvalue weighted by atomic mass is 35.5. The van der Waals surface area contributed by atoms with Crippen molar-refractivity contribution >= 4 is 24.3 Å². The van der Waals surface area contributed by atoms with Crippen molar-refractivity contribution in [1.82, 2.24) is 20.9 Å². The van der Waals surface area contributed by atoms with Gasteiger partial charge in [0.15, 0.2) is 0 Å². The summed E-state index contributed by atoms with van der Waals surface area (Å²) < 4.78 is 0. The Morgan fingerprint density at radius 3 is 2.23 bits per heavy atom. The van der Waals surface area contributed by atoms with Crippen LogP contribution in [0.5, 0.6) is 0 Å². The molecule has 22 heavy (non-hydrogen) atoms. The van der Waals surface area contributed by atoms with Crippen molar-refractivity contribution in [2.45, 2.75) is 57.0 Å². The van der Waals surface area contributed by atoms with Gasteiger partial charge in [-0.1, -0.05) is 19.3 Å². The molecule has 0 aromatic carbocycles. The van der Waals surface area contributed by atoms with E-state index >= 15 is 0 Å². The third-order valence-corrected chi connectivity index (χ3v) is 4.56. The van der Waals surface area contributed by atoms with Crippen molar-refractivity contribution in [1.29, 1.82) is 0 Å². The van der Waals surface area contributed by atoms with Crippen LogP contribution in [0.3, 0.4) is 0 Å². The van der Waals surface area contributed by atoms with Gasteiger partial charge in [0.05, 0.1) is 6.54 Å². The lowest BCUT2D eigenvalue weighted by Crippen LogP contribution is -2.50. The fraction of sp³-hybridized carbons (Fsp3) is 0.867. The average molecular weight is 333 g/mol. The molecule has 0 spiro atoms. The van der Waals surface area contributed by atoms with E-state index in [1.165, 1.54) is 19.3 Å². The Morgan fingerprint density at radius 2 is 1.64 bits per heavy atom. The van der Waals surface area contributed by atoms with E-state index in [-0.39, 0.29) is 30.4 Å². The molecule has 1 aliphatic carbocycles. The summed E-state index contributed by atoms with van der Waals surface area (Å²) in [7, 11) is 1.97. The molecule has 7 heteroatoms. The van der Waals surface area contributed by atoms with E-state index in [2.05, 4.69) is 20.9 Å². The number of nitrogens with zero attached hydrogens (tertiary/aromatic N) is 1. The minimum absolute atomic E-state index is 0. The minimum Gasteiger partial charge on any atom is -0.335 e. The lowest BCUT2D eigenvalue weighted by molar-refractivity contribution is -0.121. The van der Waals surface area contributed by atoms with E-state index in [9.17, 15) is 9.59 Å². The molecule has 1 saturated heterocycles. The predicted molar refractivity (Wildman–Crippen MR) is 89.3 cm³/mol. The zero-order chi connectivity index (χ0) is 15.1. The molecule has 128 valence electrons. The second-order valence-electron chi connectivity index (χ2n) is 6.20. The Balaban J connectivity index is 0.00000242. The summed E-state index contributed by atoms with van der Waals surface area (Å²) in [5.41, 5.74) is 0. The first-order valence-corrected chi connectivity index (χ1v) is 8.17. The number of hydrogen-bond donors (Lipinski definition) is 3. The number of urea groups is 1. The number of likely N-dealkylation sites (tertiary alicyclic amines) is 1. The number of imide groups is 1. The fourth-order valence-corrected chi connectivity index (χ4v) is 3.22. The summed E-state index contributed by atoms with van der Waals surface area (Å²) in [4.78, 5) is 25.8. The minimum atomic E-state index is -0.336. The summed E-state index contributed by atoms with van der Waals surface area (Å²) in [5, 5.41) is 8.62. The average Bonchev–Trinajstić information content (AvgIpc) is 2.48. The van der Waals surface area contributed by atoms with E-state index in [0.29, 0.717) is 12.6 Å². The molecule has 0 aromatic rings. The SMILES string of the molecule is CNC1CCN(CC(=O)NC(=O)NC2CCCCC2)CC1.Cl. The van der Waals surface area contributed by atoms with Gasteiger partial charge < -0.3 is 10.6 Å². The van der Waals surface area contributed by atoms with Crippen LogP contribution in [0.2, 0.25) is 0 Å². The van der Waals surface area contributed by atoms with Crippen molar-refractivity contribution in [2.75, 3.05) is 26.7 Å². The number of halogens is 1. The van der Waals surface area contributed by atoms with Crippen LogP contribution in [-0.4, -0.2) is 55.6 Å². The van der Waals surface area contributed by atoms with E-state index in [1.807, 2.05) is 7.05 Å². The van der Waals surface area contributed by atoms with Gasteiger partial charge in [0, 0.05) is 25.2 Å². The molecule has 0 atom stereocenters. The molecule has 1 heterocycles. The molecular formula is C15H29ClN4O2. The number of carbonyl (C=O) groups excluding carboxylic acids is 2. The normalized spacial score (nSPS) is 21.0. The highest BCUT2D eigenvalue weighted by Gasteiger charge is 2.21. The second-order valence-corrected chi connectivity index (χ2v) is 6.20. The molecule has 2 fully saturated rings. The van der Waals surface area contributed by atoms with Gasteiger partial charge >= 0.3 is 6.03 Å². The van der Waals surface area contributed by atoms with Crippen molar-refractivity contribution in [2.24, 2.45) is 0 Å². The molecule has 6 nitrogen and oxygen atoms in total. The number of piperidine rings is 1. The Bertz CT molecular complexity index is 353. The van der Waals surface area contributed by atoms with Gasteiger partial charge in [0.1, 0.15) is 0 Å². The van der Waals surface area contributed by atoms with E-state index < -0.39 is 0 Å². The first-order chi connectivity index (χ1) is 10.2. The molecule has 2 aliphatic rings. The quantitative estimate of drug-likeness (QED) is 0.724. The molecule has 0 bridgehead atoms. The first kappa shape index (κ1) is 19.2. The number of carbonyl (C=O) groups is 2. The van der Waals surface area contributed by atoms with Crippen LogP contribution in [0.4, 0.5) is 4.79 Å². The molecule has 2 rings (SSSR count). The van der Waals surface area contributed by atoms with Crippen LogP contribution in [0, 0.1) is 0 Å². The maximum Gasteiger partial charge on any atom is 0.321 e. The summed E-state index contributed by atoms with van der Waals surface area (Å²) in [6, 6.07) is 0.453. The highest BCUT2D eigenvalue weighted by Crippen LogP contribution is 2.17. The molecule has 1 saturated carbocycles. The van der Waals surface area contributed by atoms with Crippen LogP contribution in [0.15, 0.2) is 0 Å². The standard InChI is InChI=1S/C15H28N4O2.ClH/c1-16-12-7-9-19(10-8-12)11-14(20)18-15(21)17-13-5-3-2-4-6-13;/h12-13,16H,2-11H2,1H3,(H2,17,18,20,21);1H. The van der Waals surface area contributed by atoms with Gasteiger partial charge in [-0.15, -0.1) is 12.4 Å². The third-order valence-electron chi connectivity index (χ3n) is 4.56. The van der Waals surface area contributed by atoms with E-state index in [4.69, 9.17) is 0 Å². The fourth-order valence-electron chi connectivity index (χ4n) is 3.22. The Kier molecular flexibility index (Phi) is 8.75. The van der Waals surface area contributed by atoms with E-state index in [0.717, 1.165) is 38.8 Å². The molecular weight excluding hydrogens is 304 g/mol. The molecule has 3 amide bonds. The number of rotatable bonds is 4. The maximum absolute atomic E-state index is 11.9. The molecule has 0 aromatic heterocycles. The predicted octanol–water partition coefficient (Wildman–Crippen LogP) is 1.25. The van der Waals surface area contributed by atoms with Crippen molar-refractivity contribution < 1.29 is 9.59 Å². The zero-order valence-corrected chi connectivity index (χ0v) is 14.2. The van der Waals surface area contributed by atoms with Crippen molar-refractivity contribution in [3.05, 3.63) is 0 Å². The van der Waals surface area contributed by atoms with Gasteiger partial charge in [0.2, 0.25) is 5.91 Å². The summed E-state index contributed by atoms with van der Waals surface area (Å²) >= 11 is 0. The lowest BCUT2D eigenvalue weighted by atomic mass is 9.96. The van der Waals surface area contributed by atoms with Gasteiger partial charge in [-0.05, 0) is 32.7 Å². The molecule has 3 N–H and O–H groups in total. The maximum atomic E-state index is 11.9. The van der Waals surface area contributed by atoms with Crippen molar-refractivity contribution in [3.8, 4) is 0 Å². The third kappa shape index (κ3) is 6.50. The largest absolute Gasteiger partial charge is 0.335 e. The number of hydrogen-bond acceptors (Lipinski definition) is 4. The van der Waals surface area contributed by atoms with Crippen LogP contribution >= 0.6 is 12.4 Å². The second kappa shape index (κ2) is 10.0. The first-order valence-electron chi connectivity index (χ1n) is 8.17. The summed E-state index contributed by atoms with van der Waals surface area (Å²) in [5.74, 6) is -0.203. The van der Waals surface area contributed by atoms with Crippen LogP contribution in [0.1, 0.15) is 44.9 Å². The van der Waals surface area contributed by atoms with Crippen LogP contribution < -0.4 is 16.0 Å². The summed E-state index contributed by atoms with van der Waals surface area (Å²) in [6.07, 6.45) is 7.74. The van der Waals surface area contributed by atoms with Crippen LogP contribution in [-0.2, 0) is 4.79 Å². The van der Waals surface area contributed by atoms with Gasteiger partial charge in [0.25, 0.3) is 0 Å². The van der Waals surface area contributed by atoms with Crippen LogP contribution in [0.25, 0.3) is 0 Å². The summed E-state index contributed by atoms with van der Waals surface area (Å²) in [6.45, 7) is 2.13. The Labute approximate surface area is 139 Å². The van der Waals surface area contributed by atoms with Crippen molar-refractivity contribution in [3.63, 3.8) is 0 Å². The highest BCUT2D eigenvalue weighted by molar-refractivity contribution is 5.95. The number of amides is 3. The number of nitrogens with one attached hydrogen (secondary N) is 3. The topological polar surface area (TPSA) is 73.5 Å². The lowest BCUT2D eigenvalue weighted by Gasteiger charge is -2.31. The Hall–Kier alpha value is -0.850. The smallest absolute Gasteiger partial charge is 0.321 e. The van der Waals surface area contributed by atoms with Gasteiger partial charge in [-0.3, -0.25) is 15.0 Å². The van der Waals surface area contributed by atoms with Gasteiger partial charge in [-0.2, -0.15) is 0 Å². The molecule has 1 aliphatic heterocycles. The Morgan fingerprint density at radius 1 is 1.00 bits per heavy atom.